The lowest BCUT2D eigenvalue weighted by Gasteiger charge is -2.31. The Labute approximate surface area is 238 Å². The van der Waals surface area contributed by atoms with Crippen molar-refractivity contribution in [2.45, 2.75) is 58.0 Å². The van der Waals surface area contributed by atoms with E-state index >= 15 is 0 Å². The molecule has 3 atom stereocenters. The molecule has 1 saturated heterocycles. The molecule has 2 heterocycles. The number of ether oxygens (including phenoxy) is 2. The maximum Gasteiger partial charge on any atom is 0.361 e. The molecule has 2 unspecified atom stereocenters. The smallest absolute Gasteiger partial charge is 0.361 e. The molecule has 40 heavy (non-hydrogen) atoms. The van der Waals surface area contributed by atoms with Crippen LogP contribution < -0.4 is 10.2 Å². The Kier molecular flexibility index (Phi) is 7.72. The van der Waals surface area contributed by atoms with Gasteiger partial charge in [-0.25, -0.2) is 4.79 Å². The molecule has 0 saturated carbocycles. The van der Waals surface area contributed by atoms with Gasteiger partial charge < -0.3 is 19.5 Å². The molecule has 0 spiro atoms. The maximum absolute atomic E-state index is 14.1. The van der Waals surface area contributed by atoms with Crippen molar-refractivity contribution >= 4 is 45.9 Å². The highest BCUT2D eigenvalue weighted by molar-refractivity contribution is 6.30. The third-order valence-electron chi connectivity index (χ3n) is 7.17. The highest BCUT2D eigenvalue weighted by atomic mass is 35.5. The van der Waals surface area contributed by atoms with E-state index in [0.29, 0.717) is 35.8 Å². The number of benzene rings is 3. The van der Waals surface area contributed by atoms with E-state index in [2.05, 4.69) is 5.32 Å². The lowest BCUT2D eigenvalue weighted by molar-refractivity contribution is -0.177. The van der Waals surface area contributed by atoms with E-state index in [0.717, 1.165) is 16.3 Å². The van der Waals surface area contributed by atoms with Crippen molar-refractivity contribution < 1.29 is 29.0 Å². The second-order valence-electron chi connectivity index (χ2n) is 11.6. The first-order valence-corrected chi connectivity index (χ1v) is 13.8. The van der Waals surface area contributed by atoms with Gasteiger partial charge in [0.2, 0.25) is 5.72 Å². The maximum atomic E-state index is 14.1. The number of amides is 1. The molecule has 3 aromatic carbocycles. The van der Waals surface area contributed by atoms with Crippen LogP contribution in [0.1, 0.15) is 57.3 Å². The number of nitrogens with one attached hydrogen (secondary N) is 1. The van der Waals surface area contributed by atoms with E-state index in [1.54, 1.807) is 23.1 Å². The largest absolute Gasteiger partial charge is 0.390 e. The summed E-state index contributed by atoms with van der Waals surface area (Å²) < 4.78 is 11.5. The van der Waals surface area contributed by atoms with Gasteiger partial charge in [-0.15, -0.1) is 0 Å². The minimum atomic E-state index is -1.92. The fourth-order valence-corrected chi connectivity index (χ4v) is 5.53. The van der Waals surface area contributed by atoms with Crippen molar-refractivity contribution in [2.75, 3.05) is 18.0 Å². The molecule has 2 aliphatic rings. The van der Waals surface area contributed by atoms with Crippen LogP contribution in [-0.4, -0.2) is 47.9 Å². The summed E-state index contributed by atoms with van der Waals surface area (Å²) in [6, 6.07) is 19.0. The molecule has 5 rings (SSSR count). The van der Waals surface area contributed by atoms with Crippen molar-refractivity contribution in [3.8, 4) is 0 Å². The van der Waals surface area contributed by atoms with Gasteiger partial charge in [0.15, 0.2) is 0 Å². The molecule has 1 amide bonds. The number of nitrogens with zero attached hydrogens (tertiary/aromatic N) is 1. The first-order valence-electron chi connectivity index (χ1n) is 13.4. The van der Waals surface area contributed by atoms with Gasteiger partial charge in [0.05, 0.1) is 6.42 Å². The normalized spacial score (nSPS) is 23.1. The number of aliphatic hydroxyl groups is 1. The van der Waals surface area contributed by atoms with E-state index in [1.807, 2.05) is 63.2 Å². The lowest BCUT2D eigenvalue weighted by Crippen LogP contribution is -2.49. The molecular weight excluding hydrogens is 532 g/mol. The lowest BCUT2D eigenvalue weighted by atomic mass is 9.93. The summed E-state index contributed by atoms with van der Waals surface area (Å²) in [6.07, 6.45) is -1.81. The Hall–Kier alpha value is -3.30. The van der Waals surface area contributed by atoms with Crippen molar-refractivity contribution in [1.82, 2.24) is 5.32 Å². The summed E-state index contributed by atoms with van der Waals surface area (Å²) in [7, 11) is 0. The monoisotopic (exact) mass is 564 g/mol. The molecule has 1 fully saturated rings. The Bertz CT molecular complexity index is 1450. The number of carbonyl (C=O) groups excluding carboxylic acids is 3. The molecule has 0 radical (unpaired) electrons. The zero-order chi connectivity index (χ0) is 28.7. The number of anilines is 1. The first kappa shape index (κ1) is 28.2. The Balaban J connectivity index is 1.57. The van der Waals surface area contributed by atoms with E-state index in [4.69, 9.17) is 21.1 Å². The van der Waals surface area contributed by atoms with Gasteiger partial charge in [0.25, 0.3) is 5.91 Å². The predicted molar refractivity (Wildman–Crippen MR) is 152 cm³/mol. The van der Waals surface area contributed by atoms with Crippen LogP contribution in [0.25, 0.3) is 10.8 Å². The van der Waals surface area contributed by atoms with Crippen LogP contribution in [0.15, 0.2) is 60.7 Å². The van der Waals surface area contributed by atoms with Crippen LogP contribution in [0.5, 0.6) is 0 Å². The fourth-order valence-electron chi connectivity index (χ4n) is 5.35. The quantitative estimate of drug-likeness (QED) is 0.336. The summed E-state index contributed by atoms with van der Waals surface area (Å²) in [6.45, 7) is 6.82. The number of carbonyl (C=O) groups is 3. The fraction of sp³-hybridized carbons (Fsp3) is 0.387. The molecular formula is C31H33ClN2O6. The van der Waals surface area contributed by atoms with Crippen molar-refractivity contribution in [1.29, 1.82) is 0 Å². The van der Waals surface area contributed by atoms with E-state index in [1.165, 1.54) is 0 Å². The second-order valence-corrected chi connectivity index (χ2v) is 12.1. The van der Waals surface area contributed by atoms with E-state index < -0.39 is 42.2 Å². The number of rotatable bonds is 5. The molecule has 2 N–H and O–H groups in total. The molecule has 2 aliphatic heterocycles. The highest BCUT2D eigenvalue weighted by Crippen LogP contribution is 2.42. The molecule has 3 aromatic rings. The molecule has 9 heteroatoms. The summed E-state index contributed by atoms with van der Waals surface area (Å²) in [5.74, 6) is -2.46. The van der Waals surface area contributed by atoms with Crippen molar-refractivity contribution in [3.63, 3.8) is 0 Å². The van der Waals surface area contributed by atoms with Gasteiger partial charge in [0.1, 0.15) is 12.2 Å². The van der Waals surface area contributed by atoms with Gasteiger partial charge in [-0.1, -0.05) is 74.8 Å². The van der Waals surface area contributed by atoms with Crippen LogP contribution in [0.4, 0.5) is 5.69 Å². The third kappa shape index (κ3) is 5.76. The zero-order valence-corrected chi connectivity index (χ0v) is 23.5. The van der Waals surface area contributed by atoms with Gasteiger partial charge >= 0.3 is 11.9 Å². The van der Waals surface area contributed by atoms with Crippen LogP contribution in [-0.2, 0) is 23.9 Å². The van der Waals surface area contributed by atoms with E-state index in [-0.39, 0.29) is 11.8 Å². The molecule has 0 aromatic heterocycles. The van der Waals surface area contributed by atoms with Crippen LogP contribution in [0.3, 0.4) is 0 Å². The molecule has 0 bridgehead atoms. The number of esters is 2. The van der Waals surface area contributed by atoms with Crippen LogP contribution in [0, 0.1) is 5.41 Å². The topological polar surface area (TPSA) is 105 Å². The summed E-state index contributed by atoms with van der Waals surface area (Å²) >= 11 is 6.47. The van der Waals surface area contributed by atoms with Gasteiger partial charge in [-0.3, -0.25) is 14.9 Å². The van der Waals surface area contributed by atoms with E-state index in [9.17, 15) is 19.5 Å². The number of halogens is 1. The number of fused-ring (bicyclic) bond motifs is 2. The van der Waals surface area contributed by atoms with Crippen molar-refractivity contribution in [2.24, 2.45) is 5.41 Å². The summed E-state index contributed by atoms with van der Waals surface area (Å²) in [4.78, 5) is 41.3. The SMILES string of the molecule is CC(C)(C)CN1C(=O)C(CC(=O)OC(=O)[C@]2(O)CCCN2)OC(c2cccc3ccccc23)c2cc(Cl)ccc21. The average Bonchev–Trinajstić information content (AvgIpc) is 3.33. The second kappa shape index (κ2) is 10.9. The molecule has 0 aliphatic carbocycles. The molecule has 8 nitrogen and oxygen atoms in total. The van der Waals surface area contributed by atoms with Crippen molar-refractivity contribution in [3.05, 3.63) is 76.8 Å². The minimum absolute atomic E-state index is 0.135. The Morgan fingerprint density at radius 1 is 1.12 bits per heavy atom. The number of hydrogen-bond donors (Lipinski definition) is 2. The minimum Gasteiger partial charge on any atom is -0.390 e. The van der Waals surface area contributed by atoms with Crippen LogP contribution in [0.2, 0.25) is 5.02 Å². The number of hydrogen-bond acceptors (Lipinski definition) is 7. The van der Waals surface area contributed by atoms with Gasteiger partial charge in [-0.05, 0) is 52.9 Å². The van der Waals surface area contributed by atoms with Crippen LogP contribution >= 0.6 is 11.6 Å². The highest BCUT2D eigenvalue weighted by Gasteiger charge is 2.43. The summed E-state index contributed by atoms with van der Waals surface area (Å²) in [5.41, 5.74) is -0.0622. The standard InChI is InChI=1S/C31H33ClN2O6/c1-30(2,3)18-34-24-13-12-20(32)16-23(24)27(22-11-6-9-19-8-4-5-10-21(19)22)39-25(28(34)36)17-26(35)40-29(37)31(38)14-7-15-33-31/h4-6,8-13,16,25,27,33,38H,7,14-15,17-18H2,1-3H3/t25?,27?,31-/m1/s1. The van der Waals surface area contributed by atoms with Gasteiger partial charge in [0, 0.05) is 29.2 Å². The molecule has 210 valence electrons. The first-order chi connectivity index (χ1) is 18.9. The zero-order valence-electron chi connectivity index (χ0n) is 22.8. The van der Waals surface area contributed by atoms with Gasteiger partial charge in [-0.2, -0.15) is 0 Å². The third-order valence-corrected chi connectivity index (χ3v) is 7.41. The Morgan fingerprint density at radius 2 is 1.88 bits per heavy atom. The Morgan fingerprint density at radius 3 is 2.60 bits per heavy atom. The average molecular weight is 565 g/mol. The predicted octanol–water partition coefficient (Wildman–Crippen LogP) is 4.89. The summed E-state index contributed by atoms with van der Waals surface area (Å²) in [5, 5.41) is 15.5.